The first-order chi connectivity index (χ1) is 10.6. The predicted molar refractivity (Wildman–Crippen MR) is 95.9 cm³/mol. The third kappa shape index (κ3) is 3.30. The normalized spacial score (nSPS) is 10.4. The molecule has 3 aromatic rings. The van der Waals surface area contributed by atoms with Crippen molar-refractivity contribution in [3.8, 4) is 11.5 Å². The lowest BCUT2D eigenvalue weighted by Gasteiger charge is -2.10. The molecule has 3 aromatic carbocycles. The highest BCUT2D eigenvalue weighted by Gasteiger charge is 2.06. The number of benzene rings is 3. The van der Waals surface area contributed by atoms with Crippen LogP contribution >= 0.6 is 23.8 Å². The minimum atomic E-state index is 0.194. The zero-order valence-electron chi connectivity index (χ0n) is 11.5. The third-order valence-corrected chi connectivity index (χ3v) is 3.55. The molecule has 0 heterocycles. The minimum Gasteiger partial charge on any atom is -0.456 e. The standard InChI is InChI=1S/C17H13ClN2OS/c18-15-10-13(20-17(19)22)6-8-16(15)21-14-7-5-11-3-1-2-4-12(11)9-14/h1-10H,(H3,19,20,22). The van der Waals surface area contributed by atoms with Crippen molar-refractivity contribution in [2.45, 2.75) is 0 Å². The molecule has 0 aliphatic rings. The largest absolute Gasteiger partial charge is 0.456 e. The van der Waals surface area contributed by atoms with Crippen molar-refractivity contribution in [2.75, 3.05) is 5.32 Å². The van der Waals surface area contributed by atoms with E-state index in [4.69, 9.17) is 34.3 Å². The molecule has 3 rings (SSSR count). The van der Waals surface area contributed by atoms with Crippen LogP contribution in [0.4, 0.5) is 5.69 Å². The molecule has 3 nitrogen and oxygen atoms in total. The maximum absolute atomic E-state index is 6.23. The average molecular weight is 329 g/mol. The van der Waals surface area contributed by atoms with Crippen LogP contribution in [0.15, 0.2) is 60.7 Å². The van der Waals surface area contributed by atoms with Crippen LogP contribution < -0.4 is 15.8 Å². The Morgan fingerprint density at radius 3 is 2.50 bits per heavy atom. The Hall–Kier alpha value is -2.30. The van der Waals surface area contributed by atoms with E-state index in [1.54, 1.807) is 18.2 Å². The molecule has 0 saturated heterocycles. The van der Waals surface area contributed by atoms with Crippen molar-refractivity contribution in [2.24, 2.45) is 5.73 Å². The lowest BCUT2D eigenvalue weighted by atomic mass is 10.1. The second-order valence-corrected chi connectivity index (χ2v) is 5.59. The molecule has 110 valence electrons. The summed E-state index contributed by atoms with van der Waals surface area (Å²) in [4.78, 5) is 0. The molecule has 3 N–H and O–H groups in total. The summed E-state index contributed by atoms with van der Waals surface area (Å²) in [6.45, 7) is 0. The molecular weight excluding hydrogens is 316 g/mol. The molecule has 22 heavy (non-hydrogen) atoms. The molecule has 0 aliphatic heterocycles. The summed E-state index contributed by atoms with van der Waals surface area (Å²) in [5, 5.41) is 5.78. The van der Waals surface area contributed by atoms with E-state index in [0.29, 0.717) is 10.8 Å². The van der Waals surface area contributed by atoms with Crippen molar-refractivity contribution < 1.29 is 4.74 Å². The smallest absolute Gasteiger partial charge is 0.168 e. The number of nitrogens with two attached hydrogens (primary N) is 1. The summed E-state index contributed by atoms with van der Waals surface area (Å²) < 4.78 is 5.85. The fourth-order valence-electron chi connectivity index (χ4n) is 2.16. The second-order valence-electron chi connectivity index (χ2n) is 4.75. The van der Waals surface area contributed by atoms with Crippen LogP contribution in [-0.2, 0) is 0 Å². The average Bonchev–Trinajstić information content (AvgIpc) is 2.49. The second kappa shape index (κ2) is 6.22. The highest BCUT2D eigenvalue weighted by molar-refractivity contribution is 7.80. The molecule has 0 bridgehead atoms. The molecule has 0 atom stereocenters. The Morgan fingerprint density at radius 2 is 1.77 bits per heavy atom. The van der Waals surface area contributed by atoms with Crippen LogP contribution in [0.3, 0.4) is 0 Å². The SMILES string of the molecule is NC(=S)Nc1ccc(Oc2ccc3ccccc3c2)c(Cl)c1. The van der Waals surface area contributed by atoms with E-state index in [2.05, 4.69) is 11.4 Å². The first-order valence-corrected chi connectivity index (χ1v) is 7.43. The van der Waals surface area contributed by atoms with Gasteiger partial charge in [-0.05, 0) is 53.3 Å². The summed E-state index contributed by atoms with van der Waals surface area (Å²) in [7, 11) is 0. The van der Waals surface area contributed by atoms with Crippen molar-refractivity contribution >= 4 is 45.4 Å². The molecule has 0 aliphatic carbocycles. The van der Waals surface area contributed by atoms with E-state index in [-0.39, 0.29) is 5.11 Å². The van der Waals surface area contributed by atoms with Crippen molar-refractivity contribution in [3.05, 3.63) is 65.7 Å². The Labute approximate surface area is 138 Å². The summed E-state index contributed by atoms with van der Waals surface area (Å²) in [5.41, 5.74) is 6.16. The maximum atomic E-state index is 6.23. The van der Waals surface area contributed by atoms with Gasteiger partial charge in [0.15, 0.2) is 5.11 Å². The van der Waals surface area contributed by atoms with Gasteiger partial charge in [-0.1, -0.05) is 41.9 Å². The van der Waals surface area contributed by atoms with Gasteiger partial charge in [0.1, 0.15) is 11.5 Å². The van der Waals surface area contributed by atoms with Gasteiger partial charge in [-0.25, -0.2) is 0 Å². The third-order valence-electron chi connectivity index (χ3n) is 3.15. The van der Waals surface area contributed by atoms with Gasteiger partial charge in [0.2, 0.25) is 0 Å². The highest BCUT2D eigenvalue weighted by atomic mass is 35.5. The number of nitrogens with one attached hydrogen (secondary N) is 1. The number of rotatable bonds is 3. The molecule has 0 amide bonds. The monoisotopic (exact) mass is 328 g/mol. The Bertz CT molecular complexity index is 851. The summed E-state index contributed by atoms with van der Waals surface area (Å²) in [6.07, 6.45) is 0. The topological polar surface area (TPSA) is 47.3 Å². The van der Waals surface area contributed by atoms with Crippen LogP contribution in [0.5, 0.6) is 11.5 Å². The number of anilines is 1. The zero-order chi connectivity index (χ0) is 15.5. The van der Waals surface area contributed by atoms with E-state index in [0.717, 1.165) is 22.2 Å². The van der Waals surface area contributed by atoms with Crippen molar-refractivity contribution in [3.63, 3.8) is 0 Å². The van der Waals surface area contributed by atoms with Gasteiger partial charge in [-0.15, -0.1) is 0 Å². The lowest BCUT2D eigenvalue weighted by Crippen LogP contribution is -2.18. The quantitative estimate of drug-likeness (QED) is 0.668. The van der Waals surface area contributed by atoms with Gasteiger partial charge in [0, 0.05) is 5.69 Å². The van der Waals surface area contributed by atoms with Crippen LogP contribution in [-0.4, -0.2) is 5.11 Å². The highest BCUT2D eigenvalue weighted by Crippen LogP contribution is 2.32. The van der Waals surface area contributed by atoms with Gasteiger partial charge < -0.3 is 15.8 Å². The molecule has 0 fully saturated rings. The van der Waals surface area contributed by atoms with Crippen molar-refractivity contribution in [1.29, 1.82) is 0 Å². The number of ether oxygens (including phenoxy) is 1. The number of hydrogen-bond acceptors (Lipinski definition) is 2. The van der Waals surface area contributed by atoms with Crippen LogP contribution in [0.1, 0.15) is 0 Å². The van der Waals surface area contributed by atoms with Crippen LogP contribution in [0.2, 0.25) is 5.02 Å². The zero-order valence-corrected chi connectivity index (χ0v) is 13.1. The number of fused-ring (bicyclic) bond motifs is 1. The van der Waals surface area contributed by atoms with Crippen LogP contribution in [0.25, 0.3) is 10.8 Å². The Balaban J connectivity index is 1.86. The van der Waals surface area contributed by atoms with E-state index in [1.807, 2.05) is 36.4 Å². The molecule has 0 spiro atoms. The van der Waals surface area contributed by atoms with Gasteiger partial charge in [-0.2, -0.15) is 0 Å². The first-order valence-electron chi connectivity index (χ1n) is 6.64. The Morgan fingerprint density at radius 1 is 1.00 bits per heavy atom. The van der Waals surface area contributed by atoms with Gasteiger partial charge in [0.05, 0.1) is 5.02 Å². The van der Waals surface area contributed by atoms with Crippen LogP contribution in [0, 0.1) is 0 Å². The maximum Gasteiger partial charge on any atom is 0.168 e. The predicted octanol–water partition coefficient (Wildman–Crippen LogP) is 4.94. The first kappa shape index (κ1) is 14.6. The number of hydrogen-bond donors (Lipinski definition) is 2. The molecule has 5 heteroatoms. The molecule has 0 radical (unpaired) electrons. The molecule has 0 saturated carbocycles. The van der Waals surface area contributed by atoms with Gasteiger partial charge >= 0.3 is 0 Å². The summed E-state index contributed by atoms with van der Waals surface area (Å²) >= 11 is 11.0. The summed E-state index contributed by atoms with van der Waals surface area (Å²) in [6, 6.07) is 19.3. The van der Waals surface area contributed by atoms with Crippen molar-refractivity contribution in [1.82, 2.24) is 0 Å². The molecule has 0 unspecified atom stereocenters. The lowest BCUT2D eigenvalue weighted by molar-refractivity contribution is 0.484. The van der Waals surface area contributed by atoms with E-state index in [9.17, 15) is 0 Å². The summed E-state index contributed by atoms with van der Waals surface area (Å²) in [5.74, 6) is 1.31. The fourth-order valence-corrected chi connectivity index (χ4v) is 2.50. The number of thiocarbonyl (C=S) groups is 1. The molecular formula is C17H13ClN2OS. The van der Waals surface area contributed by atoms with Gasteiger partial charge in [-0.3, -0.25) is 0 Å². The van der Waals surface area contributed by atoms with E-state index in [1.165, 1.54) is 0 Å². The van der Waals surface area contributed by atoms with E-state index < -0.39 is 0 Å². The Kier molecular flexibility index (Phi) is 4.13. The van der Waals surface area contributed by atoms with Gasteiger partial charge in [0.25, 0.3) is 0 Å². The number of halogens is 1. The van der Waals surface area contributed by atoms with E-state index >= 15 is 0 Å². The minimum absolute atomic E-state index is 0.194. The fraction of sp³-hybridized carbons (Fsp3) is 0. The molecule has 0 aromatic heterocycles.